The Bertz CT molecular complexity index is 826. The average molecular weight is 289 g/mol. The number of phenols is 1. The molecular formula is C14H9ClN2O3. The predicted molar refractivity (Wildman–Crippen MR) is 74.3 cm³/mol. The van der Waals surface area contributed by atoms with Gasteiger partial charge in [-0.05, 0) is 30.3 Å². The number of imidazole rings is 1. The fourth-order valence-corrected chi connectivity index (χ4v) is 2.20. The molecule has 0 unspecified atom stereocenters. The number of carbonyl (C=O) groups is 1. The lowest BCUT2D eigenvalue weighted by Gasteiger charge is -2.00. The summed E-state index contributed by atoms with van der Waals surface area (Å²) in [5, 5.41) is 19.5. The lowest BCUT2D eigenvalue weighted by Crippen LogP contribution is -1.99. The number of aromatic carboxylic acids is 1. The second kappa shape index (κ2) is 4.54. The Balaban J connectivity index is 2.26. The van der Waals surface area contributed by atoms with E-state index in [1.165, 1.54) is 12.1 Å². The van der Waals surface area contributed by atoms with Gasteiger partial charge in [-0.2, -0.15) is 0 Å². The van der Waals surface area contributed by atoms with Crippen LogP contribution in [0, 0.1) is 0 Å². The first-order valence-electron chi connectivity index (χ1n) is 5.76. The van der Waals surface area contributed by atoms with E-state index in [4.69, 9.17) is 16.7 Å². The lowest BCUT2D eigenvalue weighted by atomic mass is 10.1. The molecule has 3 rings (SSSR count). The highest BCUT2D eigenvalue weighted by Crippen LogP contribution is 2.31. The van der Waals surface area contributed by atoms with E-state index in [9.17, 15) is 9.90 Å². The number of aromatic hydroxyl groups is 1. The fourth-order valence-electron chi connectivity index (χ4n) is 2.02. The van der Waals surface area contributed by atoms with Crippen molar-refractivity contribution in [2.45, 2.75) is 0 Å². The Labute approximate surface area is 118 Å². The molecule has 0 bridgehead atoms. The summed E-state index contributed by atoms with van der Waals surface area (Å²) in [5.74, 6) is -1.02. The summed E-state index contributed by atoms with van der Waals surface area (Å²) in [6.07, 6.45) is 3.34. The molecule has 100 valence electrons. The molecule has 6 heteroatoms. The van der Waals surface area contributed by atoms with E-state index >= 15 is 0 Å². The number of hydrogen-bond donors (Lipinski definition) is 2. The average Bonchev–Trinajstić information content (AvgIpc) is 2.84. The molecule has 0 saturated heterocycles. The van der Waals surface area contributed by atoms with E-state index in [0.717, 1.165) is 0 Å². The van der Waals surface area contributed by atoms with Gasteiger partial charge in [-0.3, -0.25) is 0 Å². The number of fused-ring (bicyclic) bond motifs is 1. The van der Waals surface area contributed by atoms with E-state index < -0.39 is 5.97 Å². The number of benzene rings is 1. The van der Waals surface area contributed by atoms with Crippen LogP contribution in [-0.2, 0) is 0 Å². The minimum absolute atomic E-state index is 0.0367. The van der Waals surface area contributed by atoms with Crippen molar-refractivity contribution in [1.82, 2.24) is 9.38 Å². The predicted octanol–water partition coefficient (Wildman–Crippen LogP) is 3.06. The van der Waals surface area contributed by atoms with Gasteiger partial charge < -0.3 is 14.6 Å². The minimum atomic E-state index is -1.05. The molecule has 0 amide bonds. The van der Waals surface area contributed by atoms with Crippen molar-refractivity contribution in [3.63, 3.8) is 0 Å². The summed E-state index contributed by atoms with van der Waals surface area (Å²) in [6, 6.07) is 7.73. The number of carboxylic acid groups (broad SMARTS) is 1. The monoisotopic (exact) mass is 288 g/mol. The SMILES string of the molecule is O=C(O)c1cccn2cc(-c3cc(Cl)ccc3O)nc12. The highest BCUT2D eigenvalue weighted by Gasteiger charge is 2.14. The number of pyridine rings is 1. The Morgan fingerprint density at radius 2 is 2.10 bits per heavy atom. The van der Waals surface area contributed by atoms with Crippen LogP contribution >= 0.6 is 11.6 Å². The van der Waals surface area contributed by atoms with Gasteiger partial charge in [0, 0.05) is 23.0 Å². The molecule has 0 fully saturated rings. The van der Waals surface area contributed by atoms with Crippen LogP contribution in [0.1, 0.15) is 10.4 Å². The normalized spacial score (nSPS) is 10.8. The topological polar surface area (TPSA) is 74.8 Å². The third kappa shape index (κ3) is 1.98. The number of aromatic nitrogens is 2. The standard InChI is InChI=1S/C14H9ClN2O3/c15-8-3-4-12(18)10(6-8)11-7-17-5-1-2-9(14(19)20)13(17)16-11/h1-7,18H,(H,19,20). The highest BCUT2D eigenvalue weighted by atomic mass is 35.5. The minimum Gasteiger partial charge on any atom is -0.507 e. The molecule has 0 aliphatic carbocycles. The largest absolute Gasteiger partial charge is 0.507 e. The van der Waals surface area contributed by atoms with Gasteiger partial charge in [-0.1, -0.05) is 11.6 Å². The van der Waals surface area contributed by atoms with Gasteiger partial charge in [-0.15, -0.1) is 0 Å². The Morgan fingerprint density at radius 1 is 1.30 bits per heavy atom. The number of phenolic OH excluding ortho intramolecular Hbond substituents is 1. The van der Waals surface area contributed by atoms with Gasteiger partial charge in [0.1, 0.15) is 11.3 Å². The summed E-state index contributed by atoms with van der Waals surface area (Å²) >= 11 is 5.91. The summed E-state index contributed by atoms with van der Waals surface area (Å²) in [5.41, 5.74) is 1.32. The van der Waals surface area contributed by atoms with Crippen LogP contribution in [0.2, 0.25) is 5.02 Å². The summed E-state index contributed by atoms with van der Waals surface area (Å²) in [7, 11) is 0. The second-order valence-corrected chi connectivity index (χ2v) is 4.68. The van der Waals surface area contributed by atoms with Gasteiger partial charge in [-0.25, -0.2) is 9.78 Å². The Hall–Kier alpha value is -2.53. The molecule has 0 radical (unpaired) electrons. The third-order valence-corrected chi connectivity index (χ3v) is 3.18. The van der Waals surface area contributed by atoms with Crippen molar-refractivity contribution in [1.29, 1.82) is 0 Å². The van der Waals surface area contributed by atoms with Crippen molar-refractivity contribution in [3.8, 4) is 17.0 Å². The first-order chi connectivity index (χ1) is 9.56. The van der Waals surface area contributed by atoms with Crippen LogP contribution in [0.15, 0.2) is 42.7 Å². The number of rotatable bonds is 2. The molecule has 5 nitrogen and oxygen atoms in total. The zero-order valence-corrected chi connectivity index (χ0v) is 10.9. The van der Waals surface area contributed by atoms with Gasteiger partial charge in [0.15, 0.2) is 5.65 Å². The maximum atomic E-state index is 11.2. The molecule has 2 heterocycles. The molecule has 0 saturated carbocycles. The maximum absolute atomic E-state index is 11.2. The van der Waals surface area contributed by atoms with E-state index in [2.05, 4.69) is 4.98 Å². The first-order valence-corrected chi connectivity index (χ1v) is 6.14. The molecule has 0 aliphatic rings. The molecule has 0 spiro atoms. The summed E-state index contributed by atoms with van der Waals surface area (Å²) in [6.45, 7) is 0. The number of nitrogens with zero attached hydrogens (tertiary/aromatic N) is 2. The maximum Gasteiger partial charge on any atom is 0.339 e. The zero-order valence-electron chi connectivity index (χ0n) is 10.1. The fraction of sp³-hybridized carbons (Fsp3) is 0. The van der Waals surface area contributed by atoms with Crippen molar-refractivity contribution in [2.24, 2.45) is 0 Å². The van der Waals surface area contributed by atoms with Crippen LogP contribution in [0.3, 0.4) is 0 Å². The first kappa shape index (κ1) is 12.5. The van der Waals surface area contributed by atoms with Crippen molar-refractivity contribution >= 4 is 23.2 Å². The number of halogens is 1. The smallest absolute Gasteiger partial charge is 0.339 e. The molecular weight excluding hydrogens is 280 g/mol. The van der Waals surface area contributed by atoms with Gasteiger partial charge in [0.05, 0.1) is 5.69 Å². The summed E-state index contributed by atoms with van der Waals surface area (Å²) in [4.78, 5) is 15.4. The van der Waals surface area contributed by atoms with Crippen molar-refractivity contribution < 1.29 is 15.0 Å². The van der Waals surface area contributed by atoms with Crippen LogP contribution in [0.4, 0.5) is 0 Å². The van der Waals surface area contributed by atoms with E-state index in [-0.39, 0.29) is 11.3 Å². The molecule has 20 heavy (non-hydrogen) atoms. The summed E-state index contributed by atoms with van der Waals surface area (Å²) < 4.78 is 1.60. The van der Waals surface area contributed by atoms with E-state index in [1.54, 1.807) is 35.0 Å². The Morgan fingerprint density at radius 3 is 2.85 bits per heavy atom. The highest BCUT2D eigenvalue weighted by molar-refractivity contribution is 6.30. The molecule has 0 atom stereocenters. The van der Waals surface area contributed by atoms with Crippen molar-refractivity contribution in [2.75, 3.05) is 0 Å². The van der Waals surface area contributed by atoms with Gasteiger partial charge in [0.2, 0.25) is 0 Å². The van der Waals surface area contributed by atoms with Gasteiger partial charge >= 0.3 is 5.97 Å². The Kier molecular flexibility index (Phi) is 2.84. The molecule has 1 aromatic carbocycles. The molecule has 2 aromatic heterocycles. The molecule has 3 aromatic rings. The van der Waals surface area contributed by atoms with E-state index in [1.807, 2.05) is 0 Å². The van der Waals surface area contributed by atoms with Crippen LogP contribution in [0.25, 0.3) is 16.9 Å². The second-order valence-electron chi connectivity index (χ2n) is 4.25. The quantitative estimate of drug-likeness (QED) is 0.760. The van der Waals surface area contributed by atoms with Crippen molar-refractivity contribution in [3.05, 3.63) is 53.3 Å². The number of hydrogen-bond acceptors (Lipinski definition) is 3. The zero-order chi connectivity index (χ0) is 14.3. The van der Waals surface area contributed by atoms with Crippen LogP contribution in [0.5, 0.6) is 5.75 Å². The van der Waals surface area contributed by atoms with Crippen LogP contribution in [-0.4, -0.2) is 25.6 Å². The van der Waals surface area contributed by atoms with Crippen LogP contribution < -0.4 is 0 Å². The van der Waals surface area contributed by atoms with E-state index in [0.29, 0.717) is 21.9 Å². The van der Waals surface area contributed by atoms with Gasteiger partial charge in [0.25, 0.3) is 0 Å². The molecule has 2 N–H and O–H groups in total. The molecule has 0 aliphatic heterocycles. The number of carboxylic acids is 1. The third-order valence-electron chi connectivity index (χ3n) is 2.95. The lowest BCUT2D eigenvalue weighted by molar-refractivity contribution is 0.0698.